The van der Waals surface area contributed by atoms with Gasteiger partial charge in [-0.3, -0.25) is 38.3 Å². The molecule has 0 saturated carbocycles. The number of methoxy groups -OCH3 is 4. The zero-order valence-corrected chi connectivity index (χ0v) is 65.9. The largest absolute Gasteiger partial charge is 0.497 e. The molecule has 114 heavy (non-hydrogen) atoms. The molecule has 22 nitrogen and oxygen atoms in total. The number of Topliss-reactive ketones (excluding diaryl/α,β-unsaturated/α-hetero) is 2. The van der Waals surface area contributed by atoms with Crippen LogP contribution < -0.4 is 18.9 Å². The van der Waals surface area contributed by atoms with Gasteiger partial charge in [0.2, 0.25) is 0 Å². The molecule has 0 aliphatic heterocycles. The first-order chi connectivity index (χ1) is 55.2. The van der Waals surface area contributed by atoms with Crippen molar-refractivity contribution in [2.24, 2.45) is 0 Å². The Morgan fingerprint density at radius 1 is 0.377 bits per heavy atom. The number of nitrogens with zero attached hydrogens (tertiary/aromatic N) is 16. The average molecular weight is 1550 g/mol. The summed E-state index contributed by atoms with van der Waals surface area (Å²) in [7, 11) is 6.55. The predicted molar refractivity (Wildman–Crippen MR) is 441 cm³/mol. The number of carbonyl (C=O) groups excluding carboxylic acids is 2. The normalized spacial score (nSPS) is 10.5. The number of carbonyl (C=O) groups is 2. The van der Waals surface area contributed by atoms with E-state index in [1.54, 1.807) is 110 Å². The van der Waals surface area contributed by atoms with Crippen molar-refractivity contribution >= 4 is 34.8 Å². The summed E-state index contributed by atoms with van der Waals surface area (Å²) >= 11 is 12.0. The molecule has 0 bridgehead atoms. The number of rotatable bonds is 22. The van der Waals surface area contributed by atoms with E-state index in [0.29, 0.717) is 23.1 Å². The van der Waals surface area contributed by atoms with Gasteiger partial charge in [-0.15, -0.1) is 0 Å². The van der Waals surface area contributed by atoms with Crippen molar-refractivity contribution in [3.05, 3.63) is 263 Å². The van der Waals surface area contributed by atoms with Crippen LogP contribution in [0.2, 0.25) is 10.3 Å². The number of pyridine rings is 4. The molecular weight excluding hydrogens is 1470 g/mol. The number of aromatic nitrogens is 12. The van der Waals surface area contributed by atoms with Crippen LogP contribution in [0.15, 0.2) is 219 Å². The number of halogens is 2. The van der Waals surface area contributed by atoms with Crippen LogP contribution in [0.3, 0.4) is 0 Å². The molecule has 0 aliphatic rings. The van der Waals surface area contributed by atoms with Gasteiger partial charge in [-0.25, -0.2) is 9.97 Å². The SMILES string of the molecule is COc1cc(C)cc(-c2c(-c3ccnc(-c4ccccc4CC(C)=O)c3)cnn2CC#N)c1.COc1cc(C)cc(-c2c(-c3ccnc(Cl)c3)cnn2CC#N)c1.COc1cc(C)cc(-c2nn(CC#N)cc2-c2ccnc(-c3ccccc3CC(C)=O)c2)c1.COc1cc(C)cc(-c2nn(CC#N)cc2-c2ccnc(Cl)c2)c1. The highest BCUT2D eigenvalue weighted by molar-refractivity contribution is 6.30. The van der Waals surface area contributed by atoms with Crippen molar-refractivity contribution in [1.29, 1.82) is 21.0 Å². The van der Waals surface area contributed by atoms with Gasteiger partial charge in [-0.2, -0.15) is 41.4 Å². The van der Waals surface area contributed by atoms with Crippen molar-refractivity contribution in [3.63, 3.8) is 0 Å². The summed E-state index contributed by atoms with van der Waals surface area (Å²) in [5, 5.41) is 55.6. The average Bonchev–Trinajstić information content (AvgIpc) is 1.61. The highest BCUT2D eigenvalue weighted by Gasteiger charge is 2.23. The quantitative estimate of drug-likeness (QED) is 0.0570. The van der Waals surface area contributed by atoms with Crippen molar-refractivity contribution in [2.75, 3.05) is 28.4 Å². The molecule has 14 rings (SSSR count). The lowest BCUT2D eigenvalue weighted by molar-refractivity contribution is -0.117. The second-order valence-corrected chi connectivity index (χ2v) is 27.3. The van der Waals surface area contributed by atoms with E-state index in [9.17, 15) is 20.1 Å². The van der Waals surface area contributed by atoms with Crippen LogP contribution in [0, 0.1) is 73.0 Å². The summed E-state index contributed by atoms with van der Waals surface area (Å²) in [4.78, 5) is 40.7. The van der Waals surface area contributed by atoms with E-state index in [1.807, 2.05) is 186 Å². The maximum Gasteiger partial charge on any atom is 0.134 e. The molecule has 6 aromatic carbocycles. The molecule has 0 unspecified atom stereocenters. The first kappa shape index (κ1) is 80.8. The fourth-order valence-corrected chi connectivity index (χ4v) is 13.5. The summed E-state index contributed by atoms with van der Waals surface area (Å²) in [6.07, 6.45) is 14.8. The Morgan fingerprint density at radius 2 is 0.702 bits per heavy atom. The minimum absolute atomic E-state index is 0.104. The summed E-state index contributed by atoms with van der Waals surface area (Å²) in [6, 6.07) is 63.2. The number of ketones is 2. The Bertz CT molecular complexity index is 5880. The Labute approximate surface area is 670 Å². The van der Waals surface area contributed by atoms with Crippen LogP contribution in [-0.2, 0) is 48.6 Å². The van der Waals surface area contributed by atoms with Crippen LogP contribution in [-0.4, -0.2) is 99.1 Å². The Balaban J connectivity index is 0.000000152. The third kappa shape index (κ3) is 20.1. The third-order valence-electron chi connectivity index (χ3n) is 18.0. The zero-order valence-electron chi connectivity index (χ0n) is 64.4. The van der Waals surface area contributed by atoms with Gasteiger partial charge in [-0.05, 0) is 219 Å². The molecule has 0 amide bonds. The smallest absolute Gasteiger partial charge is 0.134 e. The van der Waals surface area contributed by atoms with Gasteiger partial charge in [-0.1, -0.05) is 71.7 Å². The van der Waals surface area contributed by atoms with Gasteiger partial charge in [0.05, 0.1) is 87.9 Å². The lowest BCUT2D eigenvalue weighted by Crippen LogP contribution is -2.01. The van der Waals surface area contributed by atoms with E-state index in [4.69, 9.17) is 57.8 Å². The number of aryl methyl sites for hydroxylation is 4. The molecule has 0 atom stereocenters. The molecule has 24 heteroatoms. The van der Waals surface area contributed by atoms with Gasteiger partial charge in [0.15, 0.2) is 0 Å². The molecular formula is C90H78Cl2N16O6. The maximum atomic E-state index is 11.8. The number of ether oxygens (including phenoxy) is 4. The van der Waals surface area contributed by atoms with Gasteiger partial charge >= 0.3 is 0 Å². The summed E-state index contributed by atoms with van der Waals surface area (Å²) in [5.74, 6) is 3.22. The minimum Gasteiger partial charge on any atom is -0.497 e. The first-order valence-electron chi connectivity index (χ1n) is 35.9. The summed E-state index contributed by atoms with van der Waals surface area (Å²) < 4.78 is 28.3. The number of hydrogen-bond acceptors (Lipinski definition) is 18. The second-order valence-electron chi connectivity index (χ2n) is 26.6. The number of nitriles is 4. The second kappa shape index (κ2) is 38.0. The molecule has 8 heterocycles. The van der Waals surface area contributed by atoms with Gasteiger partial charge in [0, 0.05) is 106 Å². The van der Waals surface area contributed by atoms with E-state index in [2.05, 4.69) is 71.6 Å². The van der Waals surface area contributed by atoms with E-state index < -0.39 is 0 Å². The fraction of sp³-hybridized carbons (Fsp3) is 0.178. The lowest BCUT2D eigenvalue weighted by atomic mass is 9.96. The van der Waals surface area contributed by atoms with E-state index >= 15 is 0 Å². The van der Waals surface area contributed by atoms with E-state index in [0.717, 1.165) is 168 Å². The molecule has 14 aromatic rings. The highest BCUT2D eigenvalue weighted by Crippen LogP contribution is 2.41. The van der Waals surface area contributed by atoms with Crippen LogP contribution in [0.4, 0.5) is 0 Å². The summed E-state index contributed by atoms with van der Waals surface area (Å²) in [5.41, 5.74) is 23.7. The maximum absolute atomic E-state index is 11.8. The van der Waals surface area contributed by atoms with Crippen molar-refractivity contribution in [3.8, 4) is 159 Å². The van der Waals surface area contributed by atoms with Gasteiger partial charge in [0.25, 0.3) is 0 Å². The Hall–Kier alpha value is -14.2. The van der Waals surface area contributed by atoms with E-state index in [1.165, 1.54) is 0 Å². The van der Waals surface area contributed by atoms with E-state index in [-0.39, 0.29) is 37.7 Å². The molecule has 568 valence electrons. The monoisotopic (exact) mass is 1550 g/mol. The predicted octanol–water partition coefficient (Wildman–Crippen LogP) is 18.7. The topological polar surface area (TPSA) is 289 Å². The fourth-order valence-electron chi connectivity index (χ4n) is 13.2. The number of hydrogen-bond donors (Lipinski definition) is 0. The molecule has 0 spiro atoms. The molecule has 8 aromatic heterocycles. The molecule has 0 aliphatic carbocycles. The molecule has 0 saturated heterocycles. The Morgan fingerprint density at radius 3 is 1.05 bits per heavy atom. The summed E-state index contributed by atoms with van der Waals surface area (Å²) in [6.45, 7) is 11.8. The van der Waals surface area contributed by atoms with Crippen molar-refractivity contribution in [2.45, 2.75) is 80.6 Å². The van der Waals surface area contributed by atoms with Gasteiger partial charge in [0.1, 0.15) is 82.4 Å². The van der Waals surface area contributed by atoms with Crippen LogP contribution in [0.5, 0.6) is 23.0 Å². The third-order valence-corrected chi connectivity index (χ3v) is 18.4. The Kier molecular flexibility index (Phi) is 26.9. The van der Waals surface area contributed by atoms with Crippen LogP contribution >= 0.6 is 23.2 Å². The zero-order chi connectivity index (χ0) is 81.0. The molecule has 0 radical (unpaired) electrons. The molecule has 0 fully saturated rings. The van der Waals surface area contributed by atoms with Crippen molar-refractivity contribution in [1.82, 2.24) is 59.1 Å². The minimum atomic E-state index is 0.104. The van der Waals surface area contributed by atoms with Crippen LogP contribution in [0.1, 0.15) is 47.2 Å². The first-order valence-corrected chi connectivity index (χ1v) is 36.7. The van der Waals surface area contributed by atoms with Crippen molar-refractivity contribution < 1.29 is 28.5 Å². The highest BCUT2D eigenvalue weighted by atomic mass is 35.5. The number of benzene rings is 6. The standard InChI is InChI=1S/2C27H24N4O2.2C18H15ClN4O/c1-18-12-22(15-23(13-18)33-3)27-25(17-31(30-27)11-9-28)21-8-10-29-26(16-21)24-7-5-4-6-20(24)14-19(2)32;1-18-12-22(15-23(13-18)33-3)27-25(17-30-31(27)11-9-28)21-8-10-29-26(16-21)24-7-5-4-6-20(24)14-19(2)32;1-12-7-14(9-15(8-12)24-2)18-16(11-23(22-18)6-4-20)13-3-5-21-17(19)10-13;1-12-7-14(9-15(8-12)24-2)18-16(11-22-23(18)6-4-20)13-3-5-21-17(19)10-13/h2*4-8,10,12-13,15-17H,11,14H2,1-3H3;2*3,5,7-11H,6H2,1-2H3. The van der Waals surface area contributed by atoms with Gasteiger partial charge < -0.3 is 18.9 Å². The molecule has 0 N–H and O–H groups in total. The lowest BCUT2D eigenvalue weighted by Gasteiger charge is -2.12. The van der Waals surface area contributed by atoms with Crippen LogP contribution in [0.25, 0.3) is 112 Å².